The summed E-state index contributed by atoms with van der Waals surface area (Å²) in [5.41, 5.74) is 0. The molecule has 0 aliphatic carbocycles. The van der Waals surface area contributed by atoms with Gasteiger partial charge < -0.3 is 10.0 Å². The maximum absolute atomic E-state index is 9.84. The highest BCUT2D eigenvalue weighted by molar-refractivity contribution is 5.46. The van der Waals surface area contributed by atoms with Gasteiger partial charge in [-0.1, -0.05) is 6.08 Å². The topological polar surface area (TPSA) is 40.5 Å². The summed E-state index contributed by atoms with van der Waals surface area (Å²) >= 11 is 0. The Morgan fingerprint density at radius 2 is 2.38 bits per heavy atom. The highest BCUT2D eigenvalue weighted by Gasteiger charge is 1.90. The number of amides is 1. The van der Waals surface area contributed by atoms with Gasteiger partial charge in [-0.05, 0) is 0 Å². The first kappa shape index (κ1) is 7.17. The van der Waals surface area contributed by atoms with Gasteiger partial charge in [-0.3, -0.25) is 4.79 Å². The third kappa shape index (κ3) is 2.36. The zero-order valence-electron chi connectivity index (χ0n) is 4.58. The van der Waals surface area contributed by atoms with E-state index in [9.17, 15) is 4.79 Å². The van der Waals surface area contributed by atoms with E-state index in [1.807, 2.05) is 0 Å². The Labute approximate surface area is 48.2 Å². The summed E-state index contributed by atoms with van der Waals surface area (Å²) < 4.78 is 0. The molecule has 0 aromatic rings. The van der Waals surface area contributed by atoms with Gasteiger partial charge in [0.2, 0.25) is 6.41 Å². The van der Waals surface area contributed by atoms with Gasteiger partial charge in [0.1, 0.15) is 6.73 Å². The second-order valence-corrected chi connectivity index (χ2v) is 1.31. The third-order valence-corrected chi connectivity index (χ3v) is 0.694. The second kappa shape index (κ2) is 4.33. The average molecular weight is 115 g/mol. The molecule has 8 heavy (non-hydrogen) atoms. The van der Waals surface area contributed by atoms with Crippen LogP contribution in [0.1, 0.15) is 0 Å². The van der Waals surface area contributed by atoms with Gasteiger partial charge in [-0.15, -0.1) is 6.58 Å². The molecule has 0 rings (SSSR count). The highest BCUT2D eigenvalue weighted by atomic mass is 16.3. The largest absolute Gasteiger partial charge is 0.376 e. The van der Waals surface area contributed by atoms with Crippen LogP contribution in [0.15, 0.2) is 12.7 Å². The van der Waals surface area contributed by atoms with Gasteiger partial charge >= 0.3 is 0 Å². The zero-order chi connectivity index (χ0) is 6.41. The molecular formula is C5H9NO2. The monoisotopic (exact) mass is 115 g/mol. The standard InChI is InChI=1S/C5H9NO2/c1-2-3-6(4-7)5-8/h2,4,8H,1,3,5H2. The molecule has 0 aromatic carbocycles. The number of hydrogen-bond donors (Lipinski definition) is 1. The fraction of sp³-hybridized carbons (Fsp3) is 0.400. The van der Waals surface area contributed by atoms with Crippen molar-refractivity contribution in [1.82, 2.24) is 4.90 Å². The average Bonchev–Trinajstić information content (AvgIpc) is 1.83. The Kier molecular flexibility index (Phi) is 3.88. The lowest BCUT2D eigenvalue weighted by Gasteiger charge is -2.08. The molecule has 0 unspecified atom stereocenters. The summed E-state index contributed by atoms with van der Waals surface area (Å²) in [7, 11) is 0. The SMILES string of the molecule is C=CCN(C=O)CO. The third-order valence-electron chi connectivity index (χ3n) is 0.694. The molecule has 1 amide bonds. The molecule has 0 saturated heterocycles. The molecule has 0 bridgehead atoms. The van der Waals surface area contributed by atoms with Crippen LogP contribution in [0.5, 0.6) is 0 Å². The summed E-state index contributed by atoms with van der Waals surface area (Å²) in [5, 5.41) is 8.30. The lowest BCUT2D eigenvalue weighted by atomic mass is 10.6. The number of carbonyl (C=O) groups excluding carboxylic acids is 1. The highest BCUT2D eigenvalue weighted by Crippen LogP contribution is 1.76. The van der Waals surface area contributed by atoms with Crippen LogP contribution < -0.4 is 0 Å². The van der Waals surface area contributed by atoms with Crippen molar-refractivity contribution >= 4 is 6.41 Å². The Hall–Kier alpha value is -0.830. The molecule has 0 aromatic heterocycles. The number of nitrogens with zero attached hydrogens (tertiary/aromatic N) is 1. The Morgan fingerprint density at radius 1 is 1.75 bits per heavy atom. The van der Waals surface area contributed by atoms with E-state index in [-0.39, 0.29) is 6.73 Å². The summed E-state index contributed by atoms with van der Waals surface area (Å²) in [6, 6.07) is 0. The molecule has 0 radical (unpaired) electrons. The smallest absolute Gasteiger partial charge is 0.211 e. The Balaban J connectivity index is 3.35. The van der Waals surface area contributed by atoms with Crippen LogP contribution in [0.4, 0.5) is 0 Å². The summed E-state index contributed by atoms with van der Waals surface area (Å²) in [4.78, 5) is 11.0. The van der Waals surface area contributed by atoms with Crippen LogP contribution in [0.25, 0.3) is 0 Å². The lowest BCUT2D eigenvalue weighted by molar-refractivity contribution is -0.120. The number of carbonyl (C=O) groups is 1. The van der Waals surface area contributed by atoms with Crippen LogP contribution in [0.2, 0.25) is 0 Å². The van der Waals surface area contributed by atoms with Gasteiger partial charge in [0, 0.05) is 6.54 Å². The Morgan fingerprint density at radius 3 is 2.50 bits per heavy atom. The van der Waals surface area contributed by atoms with Gasteiger partial charge in [-0.2, -0.15) is 0 Å². The van der Waals surface area contributed by atoms with Crippen molar-refractivity contribution in [2.24, 2.45) is 0 Å². The first-order chi connectivity index (χ1) is 3.85. The van der Waals surface area contributed by atoms with E-state index >= 15 is 0 Å². The molecule has 46 valence electrons. The molecule has 0 saturated carbocycles. The van der Waals surface area contributed by atoms with Crippen LogP contribution in [0.3, 0.4) is 0 Å². The van der Waals surface area contributed by atoms with Gasteiger partial charge in [0.25, 0.3) is 0 Å². The van der Waals surface area contributed by atoms with E-state index in [1.54, 1.807) is 6.08 Å². The number of aliphatic hydroxyl groups excluding tert-OH is 1. The molecule has 0 spiro atoms. The predicted molar refractivity (Wildman–Crippen MR) is 30.1 cm³/mol. The zero-order valence-corrected chi connectivity index (χ0v) is 4.58. The van der Waals surface area contributed by atoms with Crippen molar-refractivity contribution in [2.45, 2.75) is 0 Å². The van der Waals surface area contributed by atoms with Crippen molar-refractivity contribution in [1.29, 1.82) is 0 Å². The van der Waals surface area contributed by atoms with Gasteiger partial charge in [0.05, 0.1) is 0 Å². The van der Waals surface area contributed by atoms with Crippen LogP contribution in [0, 0.1) is 0 Å². The predicted octanol–water partition coefficient (Wildman–Crippen LogP) is -0.419. The summed E-state index contributed by atoms with van der Waals surface area (Å²) in [5.74, 6) is 0. The van der Waals surface area contributed by atoms with Crippen molar-refractivity contribution in [3.8, 4) is 0 Å². The molecule has 0 heterocycles. The van der Waals surface area contributed by atoms with Crippen molar-refractivity contribution in [2.75, 3.05) is 13.3 Å². The van der Waals surface area contributed by atoms with E-state index in [2.05, 4.69) is 6.58 Å². The Bertz CT molecular complexity index is 82.5. The fourth-order valence-electron chi connectivity index (χ4n) is 0.300. The minimum Gasteiger partial charge on any atom is -0.376 e. The maximum Gasteiger partial charge on any atom is 0.211 e. The number of rotatable bonds is 4. The van der Waals surface area contributed by atoms with Crippen molar-refractivity contribution < 1.29 is 9.90 Å². The maximum atomic E-state index is 9.84. The van der Waals surface area contributed by atoms with Crippen LogP contribution in [-0.2, 0) is 4.79 Å². The molecule has 0 atom stereocenters. The van der Waals surface area contributed by atoms with E-state index in [0.29, 0.717) is 13.0 Å². The molecule has 3 nitrogen and oxygen atoms in total. The van der Waals surface area contributed by atoms with E-state index in [0.717, 1.165) is 0 Å². The van der Waals surface area contributed by atoms with Crippen LogP contribution >= 0.6 is 0 Å². The van der Waals surface area contributed by atoms with E-state index in [4.69, 9.17) is 5.11 Å². The summed E-state index contributed by atoms with van der Waals surface area (Å²) in [6.07, 6.45) is 2.12. The molecule has 0 fully saturated rings. The lowest BCUT2D eigenvalue weighted by Crippen LogP contribution is -2.22. The van der Waals surface area contributed by atoms with Gasteiger partial charge in [0.15, 0.2) is 0 Å². The minimum atomic E-state index is -0.241. The minimum absolute atomic E-state index is 0.241. The van der Waals surface area contributed by atoms with Gasteiger partial charge in [-0.25, -0.2) is 0 Å². The molecule has 0 aliphatic heterocycles. The first-order valence-corrected chi connectivity index (χ1v) is 2.26. The second-order valence-electron chi connectivity index (χ2n) is 1.31. The number of hydrogen-bond acceptors (Lipinski definition) is 2. The van der Waals surface area contributed by atoms with Crippen molar-refractivity contribution in [3.05, 3.63) is 12.7 Å². The van der Waals surface area contributed by atoms with E-state index in [1.165, 1.54) is 4.90 Å². The first-order valence-electron chi connectivity index (χ1n) is 2.26. The van der Waals surface area contributed by atoms with E-state index < -0.39 is 0 Å². The molecule has 3 heteroatoms. The molecule has 0 aliphatic rings. The van der Waals surface area contributed by atoms with Crippen LogP contribution in [-0.4, -0.2) is 29.7 Å². The molecular weight excluding hydrogens is 106 g/mol. The summed E-state index contributed by atoms with van der Waals surface area (Å²) in [6.45, 7) is 3.55. The normalized spacial score (nSPS) is 8.12. The number of aliphatic hydroxyl groups is 1. The fourth-order valence-corrected chi connectivity index (χ4v) is 0.300. The van der Waals surface area contributed by atoms with Crippen molar-refractivity contribution in [3.63, 3.8) is 0 Å². The molecule has 1 N–H and O–H groups in total. The quantitative estimate of drug-likeness (QED) is 0.307.